The summed E-state index contributed by atoms with van der Waals surface area (Å²) in [5, 5.41) is 24.0. The first-order valence-electron chi connectivity index (χ1n) is 18.4. The highest BCUT2D eigenvalue weighted by Crippen LogP contribution is 2.63. The predicted octanol–water partition coefficient (Wildman–Crippen LogP) is 11.2. The molecule has 0 unspecified atom stereocenters. The molecule has 1 aliphatic heterocycles. The molecule has 0 bridgehead atoms. The fourth-order valence-electron chi connectivity index (χ4n) is 9.59. The van der Waals surface area contributed by atoms with Crippen molar-refractivity contribution in [1.82, 2.24) is 19.1 Å². The van der Waals surface area contributed by atoms with E-state index in [4.69, 9.17) is 9.97 Å². The zero-order valence-electron chi connectivity index (χ0n) is 29.6. The molecule has 258 valence electrons. The van der Waals surface area contributed by atoms with Crippen molar-refractivity contribution in [3.63, 3.8) is 0 Å². The Bertz CT molecular complexity index is 3400. The highest BCUT2D eigenvalue weighted by molar-refractivity contribution is 7.99. The smallest absolute Gasteiger partial charge is 0.0991 e. The molecule has 7 heteroatoms. The third-order valence-corrected chi connectivity index (χ3v) is 12.8. The molecule has 0 saturated heterocycles. The van der Waals surface area contributed by atoms with Crippen molar-refractivity contribution in [3.8, 4) is 34.9 Å². The van der Waals surface area contributed by atoms with E-state index in [9.17, 15) is 10.5 Å². The quantitative estimate of drug-likeness (QED) is 0.177. The van der Waals surface area contributed by atoms with Gasteiger partial charge in [-0.2, -0.15) is 10.5 Å². The maximum absolute atomic E-state index is 9.89. The predicted molar refractivity (Wildman–Crippen MR) is 222 cm³/mol. The average Bonchev–Trinajstić information content (AvgIpc) is 3.87. The van der Waals surface area contributed by atoms with Gasteiger partial charge in [0.2, 0.25) is 0 Å². The van der Waals surface area contributed by atoms with Gasteiger partial charge in [-0.1, -0.05) is 72.4 Å². The molecule has 0 N–H and O–H groups in total. The van der Waals surface area contributed by atoms with Crippen LogP contribution >= 0.6 is 11.8 Å². The van der Waals surface area contributed by atoms with Crippen molar-refractivity contribution in [3.05, 3.63) is 191 Å². The largest absolute Gasteiger partial charge is 0.309 e. The van der Waals surface area contributed by atoms with Crippen molar-refractivity contribution < 1.29 is 0 Å². The number of para-hydroxylation sites is 2. The molecule has 0 saturated carbocycles. The van der Waals surface area contributed by atoms with Gasteiger partial charge in [0.05, 0.1) is 67.8 Å². The van der Waals surface area contributed by atoms with Gasteiger partial charge in [-0.3, -0.25) is 9.97 Å². The minimum atomic E-state index is -0.745. The number of fused-ring (bicyclic) bond motifs is 15. The number of hydrogen-bond donors (Lipinski definition) is 0. The molecule has 2 aliphatic rings. The number of nitriles is 2. The second kappa shape index (κ2) is 11.3. The summed E-state index contributed by atoms with van der Waals surface area (Å²) >= 11 is 1.80. The molecule has 1 spiro atoms. The summed E-state index contributed by atoms with van der Waals surface area (Å²) in [5.74, 6) is 0. The zero-order chi connectivity index (χ0) is 37.1. The Morgan fingerprint density at radius 1 is 0.482 bits per heavy atom. The van der Waals surface area contributed by atoms with Crippen molar-refractivity contribution >= 4 is 55.4 Å². The second-order valence-electron chi connectivity index (χ2n) is 14.4. The molecule has 0 radical (unpaired) electrons. The first kappa shape index (κ1) is 31.0. The van der Waals surface area contributed by atoms with Gasteiger partial charge in [0.25, 0.3) is 0 Å². The summed E-state index contributed by atoms with van der Waals surface area (Å²) in [5.41, 5.74) is 13.3. The van der Waals surface area contributed by atoms with Crippen LogP contribution in [0.5, 0.6) is 0 Å². The van der Waals surface area contributed by atoms with Gasteiger partial charge in [-0.25, -0.2) is 0 Å². The lowest BCUT2D eigenvalue weighted by atomic mass is 9.67. The summed E-state index contributed by atoms with van der Waals surface area (Å²) in [7, 11) is 0. The van der Waals surface area contributed by atoms with Crippen molar-refractivity contribution in [2.75, 3.05) is 0 Å². The van der Waals surface area contributed by atoms with E-state index < -0.39 is 5.41 Å². The normalized spacial score (nSPS) is 13.4. The van der Waals surface area contributed by atoms with Crippen LogP contribution in [-0.4, -0.2) is 19.1 Å². The van der Waals surface area contributed by atoms with E-state index in [1.165, 1.54) is 11.1 Å². The molecule has 0 atom stereocenters. The first-order chi connectivity index (χ1) is 27.7. The van der Waals surface area contributed by atoms with Crippen LogP contribution in [0.4, 0.5) is 0 Å². The van der Waals surface area contributed by atoms with Crippen LogP contribution in [0.1, 0.15) is 33.4 Å². The molecule has 5 heterocycles. The maximum atomic E-state index is 9.89. The van der Waals surface area contributed by atoms with Gasteiger partial charge in [-0.05, 0) is 102 Å². The Morgan fingerprint density at radius 2 is 1.07 bits per heavy atom. The molecule has 0 amide bonds. The molecule has 4 aromatic heterocycles. The van der Waals surface area contributed by atoms with E-state index in [1.54, 1.807) is 11.8 Å². The SMILES string of the molecule is N#Cc1ccc2c(c1)c1ccccc1n2-c1ccc2c(c1)Sc1cccc(-n3c4ccccc4c4cc(C#N)ccc43)c1C21c2cccnc2-c2ncccc21. The van der Waals surface area contributed by atoms with Crippen LogP contribution in [0, 0.1) is 22.7 Å². The molecule has 0 fully saturated rings. The van der Waals surface area contributed by atoms with Crippen LogP contribution in [0.15, 0.2) is 168 Å². The van der Waals surface area contributed by atoms with E-state index in [2.05, 4.69) is 130 Å². The van der Waals surface area contributed by atoms with Crippen molar-refractivity contribution in [2.45, 2.75) is 15.2 Å². The summed E-state index contributed by atoms with van der Waals surface area (Å²) in [6, 6.07) is 55.6. The molecule has 10 aromatic rings. The Morgan fingerprint density at radius 3 is 1.71 bits per heavy atom. The van der Waals surface area contributed by atoms with Gasteiger partial charge >= 0.3 is 0 Å². The van der Waals surface area contributed by atoms with Gasteiger partial charge in [0.1, 0.15) is 0 Å². The number of pyridine rings is 2. The van der Waals surface area contributed by atoms with Crippen LogP contribution < -0.4 is 0 Å². The Balaban J connectivity index is 1.19. The monoisotopic (exact) mass is 730 g/mol. The summed E-state index contributed by atoms with van der Waals surface area (Å²) < 4.78 is 4.70. The number of aromatic nitrogens is 4. The van der Waals surface area contributed by atoms with E-state index in [1.807, 2.05) is 48.8 Å². The van der Waals surface area contributed by atoms with Crippen LogP contribution in [0.3, 0.4) is 0 Å². The molecule has 12 rings (SSSR count). The first-order valence-corrected chi connectivity index (χ1v) is 19.3. The highest BCUT2D eigenvalue weighted by Gasteiger charge is 2.53. The fraction of sp³-hybridized carbons (Fsp3) is 0.0204. The molecule has 6 aromatic carbocycles. The van der Waals surface area contributed by atoms with Crippen molar-refractivity contribution in [1.29, 1.82) is 10.5 Å². The topological polar surface area (TPSA) is 83.2 Å². The number of nitrogens with zero attached hydrogens (tertiary/aromatic N) is 6. The van der Waals surface area contributed by atoms with Gasteiger partial charge in [0, 0.05) is 55.0 Å². The third kappa shape index (κ3) is 3.89. The van der Waals surface area contributed by atoms with Crippen LogP contribution in [-0.2, 0) is 5.41 Å². The lowest BCUT2D eigenvalue weighted by Crippen LogP contribution is -2.33. The lowest BCUT2D eigenvalue weighted by Gasteiger charge is -2.41. The van der Waals surface area contributed by atoms with Gasteiger partial charge in [-0.15, -0.1) is 0 Å². The molecule has 6 nitrogen and oxygen atoms in total. The number of rotatable bonds is 2. The van der Waals surface area contributed by atoms with Gasteiger partial charge in [0.15, 0.2) is 0 Å². The molecular formula is C49H26N6S. The van der Waals surface area contributed by atoms with Crippen molar-refractivity contribution in [2.24, 2.45) is 0 Å². The Kier molecular flexibility index (Phi) is 6.24. The number of benzene rings is 6. The standard InChI is InChI=1S/C49H26N6S/c50-27-29-16-20-41-34(24-29)32-8-1-3-12-39(32)54(41)31-18-19-36-45(26-31)56-44-15-5-14-43(55-40-13-4-2-9-33(40)35-25-30(28-51)17-21-42(35)55)46(44)49(36)37-10-6-22-52-47(37)48-38(49)11-7-23-53-48/h1-26H. The molecular weight excluding hydrogens is 705 g/mol. The summed E-state index contributed by atoms with van der Waals surface area (Å²) in [4.78, 5) is 12.3. The Hall–Kier alpha value is -7.45. The lowest BCUT2D eigenvalue weighted by molar-refractivity contribution is 0.712. The van der Waals surface area contributed by atoms with Crippen LogP contribution in [0.25, 0.3) is 66.4 Å². The number of hydrogen-bond acceptors (Lipinski definition) is 5. The van der Waals surface area contributed by atoms with Gasteiger partial charge < -0.3 is 9.13 Å². The average molecular weight is 731 g/mol. The Labute approximate surface area is 325 Å². The van der Waals surface area contributed by atoms with E-state index >= 15 is 0 Å². The minimum absolute atomic E-state index is 0.636. The summed E-state index contributed by atoms with van der Waals surface area (Å²) in [6.45, 7) is 0. The van der Waals surface area contributed by atoms with E-state index in [0.717, 1.165) is 87.3 Å². The highest BCUT2D eigenvalue weighted by atomic mass is 32.2. The molecule has 56 heavy (non-hydrogen) atoms. The fourth-order valence-corrected chi connectivity index (χ4v) is 10.8. The third-order valence-electron chi connectivity index (χ3n) is 11.7. The molecule has 1 aliphatic carbocycles. The summed E-state index contributed by atoms with van der Waals surface area (Å²) in [6.07, 6.45) is 3.73. The zero-order valence-corrected chi connectivity index (χ0v) is 30.4. The van der Waals surface area contributed by atoms with E-state index in [0.29, 0.717) is 11.1 Å². The maximum Gasteiger partial charge on any atom is 0.0991 e. The van der Waals surface area contributed by atoms with E-state index in [-0.39, 0.29) is 0 Å². The van der Waals surface area contributed by atoms with Crippen LogP contribution in [0.2, 0.25) is 0 Å². The minimum Gasteiger partial charge on any atom is -0.309 e. The second-order valence-corrected chi connectivity index (χ2v) is 15.5.